The minimum Gasteiger partial charge on any atom is -0.334 e. The molecule has 4 aromatic rings. The molecule has 1 N–H and O–H groups in total. The van der Waals surface area contributed by atoms with Crippen molar-refractivity contribution in [2.75, 3.05) is 11.9 Å². The van der Waals surface area contributed by atoms with Gasteiger partial charge in [-0.15, -0.1) is 11.3 Å². The van der Waals surface area contributed by atoms with E-state index < -0.39 is 0 Å². The van der Waals surface area contributed by atoms with E-state index in [4.69, 9.17) is 0 Å². The maximum atomic E-state index is 13.0. The third-order valence-electron chi connectivity index (χ3n) is 7.12. The Hall–Kier alpha value is -3.84. The molecule has 3 heterocycles. The molecule has 0 unspecified atom stereocenters. The average molecular weight is 539 g/mol. The number of nitrogens with one attached hydrogen (secondary N) is 1. The number of amides is 2. The van der Waals surface area contributed by atoms with Crippen LogP contribution in [0.5, 0.6) is 0 Å². The van der Waals surface area contributed by atoms with Gasteiger partial charge in [-0.25, -0.2) is 9.97 Å². The number of nitrogens with zero attached hydrogens (tertiary/aromatic N) is 3. The third kappa shape index (κ3) is 5.93. The smallest absolute Gasteiger partial charge is 0.254 e. The molecule has 1 aliphatic rings. The Labute approximate surface area is 234 Å². The zero-order valence-corrected chi connectivity index (χ0v) is 23.6. The summed E-state index contributed by atoms with van der Waals surface area (Å²) in [4.78, 5) is 37.3. The van der Waals surface area contributed by atoms with Crippen molar-refractivity contribution in [2.45, 2.75) is 58.4 Å². The van der Waals surface area contributed by atoms with Crippen molar-refractivity contribution >= 4 is 28.8 Å². The Bertz CT molecular complexity index is 1460. The zero-order valence-electron chi connectivity index (χ0n) is 22.7. The molecule has 1 aliphatic heterocycles. The fourth-order valence-corrected chi connectivity index (χ4v) is 6.12. The molecule has 0 saturated carbocycles. The van der Waals surface area contributed by atoms with Crippen LogP contribution in [0.4, 0.5) is 5.69 Å². The van der Waals surface area contributed by atoms with E-state index in [0.29, 0.717) is 19.5 Å². The van der Waals surface area contributed by atoms with Crippen molar-refractivity contribution in [3.05, 3.63) is 89.3 Å². The molecule has 0 fully saturated rings. The lowest BCUT2D eigenvalue weighted by molar-refractivity contribution is -0.116. The first-order chi connectivity index (χ1) is 18.8. The van der Waals surface area contributed by atoms with E-state index in [0.717, 1.165) is 52.8 Å². The summed E-state index contributed by atoms with van der Waals surface area (Å²) in [5.41, 5.74) is 6.84. The highest BCUT2D eigenvalue weighted by Gasteiger charge is 2.29. The summed E-state index contributed by atoms with van der Waals surface area (Å²) < 4.78 is 0. The van der Waals surface area contributed by atoms with Crippen molar-refractivity contribution in [3.63, 3.8) is 0 Å². The number of aromatic nitrogens is 2. The number of carbonyl (C=O) groups excluding carboxylic acids is 2. The molecule has 6 nitrogen and oxygen atoms in total. The number of fused-ring (bicyclic) bond motifs is 1. The first-order valence-corrected chi connectivity index (χ1v) is 14.3. The summed E-state index contributed by atoms with van der Waals surface area (Å²) in [6, 6.07) is 16.2. The number of hydrogen-bond acceptors (Lipinski definition) is 5. The van der Waals surface area contributed by atoms with Gasteiger partial charge in [-0.3, -0.25) is 9.59 Å². The quantitative estimate of drug-likeness (QED) is 0.227. The minimum atomic E-state index is -0.115. The SMILES string of the molecule is CC(C)(C)c1c(NC(=O)CCCCCN2Cc3c(cccc3-c3cncnc3)C2=O)cccc1-c1cccs1. The van der Waals surface area contributed by atoms with Crippen LogP contribution in [0.25, 0.3) is 21.6 Å². The van der Waals surface area contributed by atoms with Gasteiger partial charge in [-0.1, -0.05) is 57.5 Å². The largest absolute Gasteiger partial charge is 0.334 e. The van der Waals surface area contributed by atoms with Crippen molar-refractivity contribution in [2.24, 2.45) is 0 Å². The third-order valence-corrected chi connectivity index (χ3v) is 8.02. The molecule has 0 aliphatic carbocycles. The van der Waals surface area contributed by atoms with E-state index in [-0.39, 0.29) is 17.2 Å². The van der Waals surface area contributed by atoms with Crippen LogP contribution in [0.2, 0.25) is 0 Å². The van der Waals surface area contributed by atoms with Crippen LogP contribution >= 0.6 is 11.3 Å². The summed E-state index contributed by atoms with van der Waals surface area (Å²) >= 11 is 1.71. The molecule has 39 heavy (non-hydrogen) atoms. The summed E-state index contributed by atoms with van der Waals surface area (Å²) in [6.07, 6.45) is 8.05. The van der Waals surface area contributed by atoms with Crippen LogP contribution < -0.4 is 5.32 Å². The van der Waals surface area contributed by atoms with E-state index >= 15 is 0 Å². The van der Waals surface area contributed by atoms with Crippen molar-refractivity contribution in [1.29, 1.82) is 0 Å². The van der Waals surface area contributed by atoms with Crippen LogP contribution in [-0.4, -0.2) is 33.2 Å². The van der Waals surface area contributed by atoms with Gasteiger partial charge in [0.1, 0.15) is 6.33 Å². The Morgan fingerprint density at radius 3 is 2.44 bits per heavy atom. The lowest BCUT2D eigenvalue weighted by Gasteiger charge is -2.26. The molecule has 0 spiro atoms. The van der Waals surface area contributed by atoms with Crippen molar-refractivity contribution in [3.8, 4) is 21.6 Å². The highest BCUT2D eigenvalue weighted by Crippen LogP contribution is 2.40. The van der Waals surface area contributed by atoms with Crippen LogP contribution in [0, 0.1) is 0 Å². The van der Waals surface area contributed by atoms with Crippen molar-refractivity contribution < 1.29 is 9.59 Å². The highest BCUT2D eigenvalue weighted by molar-refractivity contribution is 7.13. The Morgan fingerprint density at radius 1 is 0.949 bits per heavy atom. The first-order valence-electron chi connectivity index (χ1n) is 13.5. The summed E-state index contributed by atoms with van der Waals surface area (Å²) in [5, 5.41) is 5.27. The second-order valence-electron chi connectivity index (χ2n) is 11.0. The second-order valence-corrected chi connectivity index (χ2v) is 11.9. The molecule has 5 rings (SSSR count). The molecule has 2 aromatic heterocycles. The lowest BCUT2D eigenvalue weighted by Crippen LogP contribution is -2.25. The predicted molar refractivity (Wildman–Crippen MR) is 158 cm³/mol. The average Bonchev–Trinajstić information content (AvgIpc) is 3.57. The highest BCUT2D eigenvalue weighted by atomic mass is 32.1. The number of anilines is 1. The molecule has 7 heteroatoms. The zero-order chi connectivity index (χ0) is 27.4. The van der Waals surface area contributed by atoms with Gasteiger partial charge in [-0.05, 0) is 64.1 Å². The molecule has 0 saturated heterocycles. The Morgan fingerprint density at radius 2 is 1.69 bits per heavy atom. The predicted octanol–water partition coefficient (Wildman–Crippen LogP) is 7.32. The van der Waals surface area contributed by atoms with Crippen LogP contribution in [0.3, 0.4) is 0 Å². The molecule has 0 atom stereocenters. The van der Waals surface area contributed by atoms with Crippen LogP contribution in [-0.2, 0) is 16.8 Å². The van der Waals surface area contributed by atoms with E-state index in [2.05, 4.69) is 59.6 Å². The van der Waals surface area contributed by atoms with Gasteiger partial charge in [0.25, 0.3) is 5.91 Å². The molecule has 0 radical (unpaired) electrons. The monoisotopic (exact) mass is 538 g/mol. The lowest BCUT2D eigenvalue weighted by atomic mass is 9.82. The first kappa shape index (κ1) is 26.8. The van der Waals surface area contributed by atoms with Gasteiger partial charge in [0.15, 0.2) is 0 Å². The topological polar surface area (TPSA) is 75.2 Å². The summed E-state index contributed by atoms with van der Waals surface area (Å²) in [6.45, 7) is 7.82. The number of hydrogen-bond donors (Lipinski definition) is 1. The van der Waals surface area contributed by atoms with E-state index in [1.807, 2.05) is 35.2 Å². The van der Waals surface area contributed by atoms with Gasteiger partial charge >= 0.3 is 0 Å². The van der Waals surface area contributed by atoms with Gasteiger partial charge in [-0.2, -0.15) is 0 Å². The van der Waals surface area contributed by atoms with Gasteiger partial charge < -0.3 is 10.2 Å². The fourth-order valence-electron chi connectivity index (χ4n) is 5.36. The van der Waals surface area contributed by atoms with Gasteiger partial charge in [0.2, 0.25) is 5.91 Å². The van der Waals surface area contributed by atoms with Crippen LogP contribution in [0.1, 0.15) is 67.9 Å². The van der Waals surface area contributed by atoms with Gasteiger partial charge in [0.05, 0.1) is 0 Å². The normalized spacial score (nSPS) is 13.0. The maximum Gasteiger partial charge on any atom is 0.254 e. The maximum absolute atomic E-state index is 13.0. The molecule has 200 valence electrons. The Balaban J connectivity index is 1.14. The van der Waals surface area contributed by atoms with Gasteiger partial charge in [0, 0.05) is 53.6 Å². The van der Waals surface area contributed by atoms with Crippen LogP contribution in [0.15, 0.2) is 72.6 Å². The van der Waals surface area contributed by atoms with E-state index in [9.17, 15) is 9.59 Å². The summed E-state index contributed by atoms with van der Waals surface area (Å²) in [5.74, 6) is 0.102. The molecular weight excluding hydrogens is 504 g/mol. The number of carbonyl (C=O) groups is 2. The van der Waals surface area contributed by atoms with E-state index in [1.54, 1.807) is 23.7 Å². The summed E-state index contributed by atoms with van der Waals surface area (Å²) in [7, 11) is 0. The second kappa shape index (κ2) is 11.5. The Kier molecular flexibility index (Phi) is 7.89. The minimum absolute atomic E-state index is 0.0307. The molecular formula is C32H34N4O2S. The molecule has 2 aromatic carbocycles. The van der Waals surface area contributed by atoms with Crippen molar-refractivity contribution in [1.82, 2.24) is 14.9 Å². The number of rotatable bonds is 9. The van der Waals surface area contributed by atoms with E-state index in [1.165, 1.54) is 16.8 Å². The molecule has 2 amide bonds. The number of benzene rings is 2. The fraction of sp³-hybridized carbons (Fsp3) is 0.312. The number of unbranched alkanes of at least 4 members (excludes halogenated alkanes) is 2. The molecule has 0 bridgehead atoms. The standard InChI is InChI=1S/C32H34N4O2S/c1-32(2,3)30-25(28-14-9-17-39-28)12-8-13-27(30)35-29(37)15-5-4-6-16-36-20-26-23(22-18-33-21-34-19-22)10-7-11-24(26)31(36)38/h7-14,17-19,21H,4-6,15-16,20H2,1-3H3,(H,35,37). The number of thiophene rings is 1.